The molecule has 1 unspecified atom stereocenters. The average Bonchev–Trinajstić information content (AvgIpc) is 2.89. The van der Waals surface area contributed by atoms with Gasteiger partial charge in [0, 0.05) is 17.7 Å². The third kappa shape index (κ3) is 4.56. The van der Waals surface area contributed by atoms with Crippen LogP contribution in [0, 0.1) is 0 Å². The predicted molar refractivity (Wildman–Crippen MR) is 125 cm³/mol. The van der Waals surface area contributed by atoms with Gasteiger partial charge in [-0.1, -0.05) is 42.5 Å². The van der Waals surface area contributed by atoms with Crippen LogP contribution in [-0.2, 0) is 19.4 Å². The quantitative estimate of drug-likeness (QED) is 0.582. The van der Waals surface area contributed by atoms with Gasteiger partial charge >= 0.3 is 0 Å². The van der Waals surface area contributed by atoms with Crippen LogP contribution in [0.25, 0.3) is 0 Å². The van der Waals surface area contributed by atoms with Crippen molar-refractivity contribution in [2.45, 2.75) is 23.5 Å². The number of carbonyl (C=O) groups excluding carboxylic acids is 3. The van der Waals surface area contributed by atoms with Crippen molar-refractivity contribution in [2.75, 3.05) is 16.8 Å². The highest BCUT2D eigenvalue weighted by Gasteiger charge is 2.39. The Balaban J connectivity index is 1.64. The Kier molecular flexibility index (Phi) is 6.11. The molecule has 0 radical (unpaired) electrons. The molecule has 0 fully saturated rings. The van der Waals surface area contributed by atoms with Gasteiger partial charge in [0.1, 0.15) is 6.54 Å². The van der Waals surface area contributed by atoms with Crippen molar-refractivity contribution in [2.24, 2.45) is 0 Å². The first-order valence-corrected chi connectivity index (χ1v) is 11.9. The maximum Gasteiger partial charge on any atom is 0.244 e. The number of anilines is 2. The molecule has 168 valence electrons. The Morgan fingerprint density at radius 3 is 2.24 bits per heavy atom. The van der Waals surface area contributed by atoms with E-state index in [1.54, 1.807) is 66.7 Å². The van der Waals surface area contributed by atoms with Crippen LogP contribution >= 0.6 is 0 Å². The van der Waals surface area contributed by atoms with E-state index in [0.29, 0.717) is 16.8 Å². The highest BCUT2D eigenvalue weighted by molar-refractivity contribution is 7.92. The first-order valence-electron chi connectivity index (χ1n) is 10.4. The molecular weight excluding hydrogens is 440 g/mol. The van der Waals surface area contributed by atoms with E-state index >= 15 is 0 Å². The molecule has 0 spiro atoms. The van der Waals surface area contributed by atoms with Crippen molar-refractivity contribution in [3.63, 3.8) is 0 Å². The summed E-state index contributed by atoms with van der Waals surface area (Å²) < 4.78 is 26.9. The lowest BCUT2D eigenvalue weighted by Gasteiger charge is -2.21. The van der Waals surface area contributed by atoms with E-state index in [2.05, 4.69) is 5.32 Å². The van der Waals surface area contributed by atoms with Gasteiger partial charge < -0.3 is 10.2 Å². The first-order chi connectivity index (χ1) is 15.8. The van der Waals surface area contributed by atoms with E-state index in [0.717, 1.165) is 0 Å². The number of para-hydroxylation sites is 1. The maximum absolute atomic E-state index is 13.5. The molecule has 0 saturated heterocycles. The molecule has 1 N–H and O–H groups in total. The van der Waals surface area contributed by atoms with E-state index in [9.17, 15) is 22.8 Å². The summed E-state index contributed by atoms with van der Waals surface area (Å²) in [5, 5.41) is 1.66. The number of carbonyl (C=O) groups is 3. The SMILES string of the molecule is CC(=O)c1ccc(NC(=O)CN2C(=O)CC(c3ccccc3)S(=O)(=O)c3ccccc32)cc1. The van der Waals surface area contributed by atoms with Crippen molar-refractivity contribution < 1.29 is 22.8 Å². The Hall–Kier alpha value is -3.78. The van der Waals surface area contributed by atoms with Crippen LogP contribution in [0.4, 0.5) is 11.4 Å². The Morgan fingerprint density at radius 1 is 0.939 bits per heavy atom. The summed E-state index contributed by atoms with van der Waals surface area (Å²) in [5.41, 5.74) is 1.69. The number of benzene rings is 3. The van der Waals surface area contributed by atoms with Gasteiger partial charge in [-0.2, -0.15) is 0 Å². The molecule has 1 aliphatic rings. The zero-order valence-corrected chi connectivity index (χ0v) is 18.7. The normalized spacial score (nSPS) is 17.1. The van der Waals surface area contributed by atoms with Crippen LogP contribution < -0.4 is 10.2 Å². The molecule has 3 aromatic rings. The van der Waals surface area contributed by atoms with Crippen molar-refractivity contribution in [1.29, 1.82) is 0 Å². The molecule has 1 aliphatic heterocycles. The number of Topliss-reactive ketones (excluding diaryl/α,β-unsaturated/α-hetero) is 1. The van der Waals surface area contributed by atoms with Gasteiger partial charge in [-0.25, -0.2) is 8.42 Å². The molecule has 4 rings (SSSR count). The molecule has 3 aromatic carbocycles. The van der Waals surface area contributed by atoms with Gasteiger partial charge in [0.25, 0.3) is 0 Å². The number of hydrogen-bond donors (Lipinski definition) is 1. The molecule has 0 aliphatic carbocycles. The Bertz CT molecular complexity index is 1320. The minimum atomic E-state index is -3.87. The monoisotopic (exact) mass is 462 g/mol. The number of sulfone groups is 1. The Morgan fingerprint density at radius 2 is 1.58 bits per heavy atom. The van der Waals surface area contributed by atoms with Crippen LogP contribution in [0.3, 0.4) is 0 Å². The van der Waals surface area contributed by atoms with Crippen LogP contribution in [0.15, 0.2) is 83.8 Å². The van der Waals surface area contributed by atoms with E-state index in [-0.39, 0.29) is 29.3 Å². The van der Waals surface area contributed by atoms with Crippen molar-refractivity contribution in [3.05, 3.63) is 90.0 Å². The van der Waals surface area contributed by atoms with Gasteiger partial charge in [0.2, 0.25) is 11.8 Å². The number of rotatable bonds is 5. The standard InChI is InChI=1S/C25H22N2O5S/c1-17(28)18-11-13-20(14-12-18)26-24(29)16-27-21-9-5-6-10-22(21)33(31,32)23(15-25(27)30)19-7-3-2-4-8-19/h2-14,23H,15-16H2,1H3,(H,26,29). The third-order valence-electron chi connectivity index (χ3n) is 5.55. The highest BCUT2D eigenvalue weighted by atomic mass is 32.2. The van der Waals surface area contributed by atoms with Crippen molar-refractivity contribution >= 4 is 38.8 Å². The van der Waals surface area contributed by atoms with Crippen LogP contribution in [-0.4, -0.2) is 32.6 Å². The van der Waals surface area contributed by atoms with E-state index < -0.39 is 26.9 Å². The zero-order chi connectivity index (χ0) is 23.6. The minimum absolute atomic E-state index is 0.0170. The van der Waals surface area contributed by atoms with E-state index in [4.69, 9.17) is 0 Å². The zero-order valence-electron chi connectivity index (χ0n) is 17.9. The fraction of sp³-hybridized carbons (Fsp3) is 0.160. The van der Waals surface area contributed by atoms with Gasteiger partial charge in [0.05, 0.1) is 15.8 Å². The van der Waals surface area contributed by atoms with Crippen LogP contribution in [0.2, 0.25) is 0 Å². The van der Waals surface area contributed by atoms with Crippen molar-refractivity contribution in [1.82, 2.24) is 0 Å². The molecule has 0 bridgehead atoms. The summed E-state index contributed by atoms with van der Waals surface area (Å²) in [6.45, 7) is 1.11. The smallest absolute Gasteiger partial charge is 0.244 e. The second-order valence-electron chi connectivity index (χ2n) is 7.78. The molecule has 0 saturated carbocycles. The molecule has 7 nitrogen and oxygen atoms in total. The van der Waals surface area contributed by atoms with Crippen LogP contribution in [0.5, 0.6) is 0 Å². The largest absolute Gasteiger partial charge is 0.325 e. The predicted octanol–water partition coefficient (Wildman–Crippen LogP) is 3.78. The van der Waals surface area contributed by atoms with E-state index in [1.165, 1.54) is 24.0 Å². The van der Waals surface area contributed by atoms with Gasteiger partial charge in [-0.05, 0) is 48.9 Å². The second-order valence-corrected chi connectivity index (χ2v) is 9.88. The fourth-order valence-corrected chi connectivity index (χ4v) is 5.78. The summed E-state index contributed by atoms with van der Waals surface area (Å²) in [7, 11) is -3.87. The molecule has 8 heteroatoms. The molecule has 33 heavy (non-hydrogen) atoms. The first kappa shape index (κ1) is 22.4. The summed E-state index contributed by atoms with van der Waals surface area (Å²) in [6, 6.07) is 21.2. The number of fused-ring (bicyclic) bond motifs is 1. The van der Waals surface area contributed by atoms with Gasteiger partial charge in [0.15, 0.2) is 15.6 Å². The fourth-order valence-electron chi connectivity index (χ4n) is 3.86. The molecule has 1 atom stereocenters. The topological polar surface area (TPSA) is 101 Å². The lowest BCUT2D eigenvalue weighted by Crippen LogP contribution is -2.38. The summed E-state index contributed by atoms with van der Waals surface area (Å²) >= 11 is 0. The number of nitrogens with zero attached hydrogens (tertiary/aromatic N) is 1. The van der Waals surface area contributed by atoms with Crippen molar-refractivity contribution in [3.8, 4) is 0 Å². The number of ketones is 1. The lowest BCUT2D eigenvalue weighted by atomic mass is 10.1. The van der Waals surface area contributed by atoms with Crippen LogP contribution in [0.1, 0.15) is 34.5 Å². The maximum atomic E-state index is 13.5. The number of nitrogens with one attached hydrogen (secondary N) is 1. The van der Waals surface area contributed by atoms with Gasteiger partial charge in [-0.15, -0.1) is 0 Å². The lowest BCUT2D eigenvalue weighted by molar-refractivity contribution is -0.121. The number of amides is 2. The molecule has 2 amide bonds. The number of hydrogen-bond acceptors (Lipinski definition) is 5. The third-order valence-corrected chi connectivity index (χ3v) is 7.69. The molecule has 1 heterocycles. The molecular formula is C25H22N2O5S. The molecule has 0 aromatic heterocycles. The highest BCUT2D eigenvalue weighted by Crippen LogP contribution is 2.40. The van der Waals surface area contributed by atoms with E-state index in [1.807, 2.05) is 0 Å². The second kappa shape index (κ2) is 8.99. The summed E-state index contributed by atoms with van der Waals surface area (Å²) in [5.74, 6) is -1.03. The summed E-state index contributed by atoms with van der Waals surface area (Å²) in [6.07, 6.45) is -0.276. The van der Waals surface area contributed by atoms with Gasteiger partial charge in [-0.3, -0.25) is 14.4 Å². The Labute approximate surface area is 192 Å². The summed E-state index contributed by atoms with van der Waals surface area (Å²) in [4.78, 5) is 38.6. The minimum Gasteiger partial charge on any atom is -0.325 e. The average molecular weight is 463 g/mol.